The standard InChI is InChI=1S/C16H24N2O2/c1-14(2)18-10-8-17(9-11-18)12-16(19)20-13-15-6-4-3-5-7-15/h3-7,14H,8-13H2,1-2H3. The zero-order valence-electron chi connectivity index (χ0n) is 12.4. The number of nitrogens with zero attached hydrogens (tertiary/aromatic N) is 2. The summed E-state index contributed by atoms with van der Waals surface area (Å²) in [5.74, 6) is -0.133. The average Bonchev–Trinajstić information content (AvgIpc) is 2.47. The normalized spacial score (nSPS) is 17.4. The smallest absolute Gasteiger partial charge is 0.320 e. The molecule has 4 heteroatoms. The van der Waals surface area contributed by atoms with Gasteiger partial charge in [-0.25, -0.2) is 0 Å². The van der Waals surface area contributed by atoms with Gasteiger partial charge in [0.25, 0.3) is 0 Å². The van der Waals surface area contributed by atoms with Gasteiger partial charge in [0, 0.05) is 32.2 Å². The van der Waals surface area contributed by atoms with Crippen LogP contribution in [0.1, 0.15) is 19.4 Å². The molecule has 4 nitrogen and oxygen atoms in total. The molecule has 20 heavy (non-hydrogen) atoms. The van der Waals surface area contributed by atoms with Crippen LogP contribution in [0.3, 0.4) is 0 Å². The monoisotopic (exact) mass is 276 g/mol. The number of carbonyl (C=O) groups excluding carboxylic acids is 1. The van der Waals surface area contributed by atoms with Crippen LogP contribution in [0.25, 0.3) is 0 Å². The molecule has 110 valence electrons. The van der Waals surface area contributed by atoms with Gasteiger partial charge in [-0.05, 0) is 19.4 Å². The van der Waals surface area contributed by atoms with Gasteiger partial charge in [-0.15, -0.1) is 0 Å². The van der Waals surface area contributed by atoms with Crippen molar-refractivity contribution in [1.82, 2.24) is 9.80 Å². The van der Waals surface area contributed by atoms with E-state index in [0.717, 1.165) is 31.7 Å². The Balaban J connectivity index is 1.68. The lowest BCUT2D eigenvalue weighted by atomic mass is 10.2. The van der Waals surface area contributed by atoms with E-state index in [9.17, 15) is 4.79 Å². The number of hydrogen-bond donors (Lipinski definition) is 0. The summed E-state index contributed by atoms with van der Waals surface area (Å²) in [6.07, 6.45) is 0. The van der Waals surface area contributed by atoms with Crippen LogP contribution < -0.4 is 0 Å². The summed E-state index contributed by atoms with van der Waals surface area (Å²) in [4.78, 5) is 16.4. The summed E-state index contributed by atoms with van der Waals surface area (Å²) >= 11 is 0. The van der Waals surface area contributed by atoms with Crippen molar-refractivity contribution in [1.29, 1.82) is 0 Å². The van der Waals surface area contributed by atoms with E-state index in [-0.39, 0.29) is 5.97 Å². The first kappa shape index (κ1) is 15.0. The Kier molecular flexibility index (Phi) is 5.56. The quantitative estimate of drug-likeness (QED) is 0.767. The third-order valence-electron chi connectivity index (χ3n) is 3.73. The molecule has 0 unspecified atom stereocenters. The van der Waals surface area contributed by atoms with Crippen molar-refractivity contribution in [2.45, 2.75) is 26.5 Å². The minimum Gasteiger partial charge on any atom is -0.460 e. The Morgan fingerprint density at radius 2 is 1.80 bits per heavy atom. The molecule has 1 saturated heterocycles. The van der Waals surface area contributed by atoms with Gasteiger partial charge in [-0.1, -0.05) is 30.3 Å². The van der Waals surface area contributed by atoms with E-state index in [2.05, 4.69) is 23.6 Å². The Hall–Kier alpha value is -1.39. The zero-order chi connectivity index (χ0) is 14.4. The lowest BCUT2D eigenvalue weighted by Crippen LogP contribution is -2.50. The highest BCUT2D eigenvalue weighted by Crippen LogP contribution is 2.06. The zero-order valence-corrected chi connectivity index (χ0v) is 12.4. The summed E-state index contributed by atoms with van der Waals surface area (Å²) in [6.45, 7) is 9.14. The summed E-state index contributed by atoms with van der Waals surface area (Å²) in [6, 6.07) is 10.4. The van der Waals surface area contributed by atoms with Gasteiger partial charge in [0.05, 0.1) is 6.54 Å². The maximum atomic E-state index is 11.8. The number of carbonyl (C=O) groups is 1. The topological polar surface area (TPSA) is 32.8 Å². The van der Waals surface area contributed by atoms with Crippen LogP contribution in [0.15, 0.2) is 30.3 Å². The largest absolute Gasteiger partial charge is 0.460 e. The van der Waals surface area contributed by atoms with Crippen molar-refractivity contribution < 1.29 is 9.53 Å². The second kappa shape index (κ2) is 7.41. The molecule has 0 N–H and O–H groups in total. The van der Waals surface area contributed by atoms with E-state index in [1.54, 1.807) is 0 Å². The molecule has 0 aliphatic carbocycles. The van der Waals surface area contributed by atoms with Gasteiger partial charge in [0.15, 0.2) is 0 Å². The highest BCUT2D eigenvalue weighted by atomic mass is 16.5. The third kappa shape index (κ3) is 4.62. The van der Waals surface area contributed by atoms with Gasteiger partial charge in [-0.2, -0.15) is 0 Å². The Morgan fingerprint density at radius 1 is 1.15 bits per heavy atom. The highest BCUT2D eigenvalue weighted by molar-refractivity contribution is 5.71. The molecule has 1 aliphatic rings. The molecule has 0 atom stereocenters. The number of piperazine rings is 1. The van der Waals surface area contributed by atoms with E-state index in [1.807, 2.05) is 30.3 Å². The maximum Gasteiger partial charge on any atom is 0.320 e. The van der Waals surface area contributed by atoms with Crippen LogP contribution in [0, 0.1) is 0 Å². The average molecular weight is 276 g/mol. The van der Waals surface area contributed by atoms with E-state index in [4.69, 9.17) is 4.74 Å². The van der Waals surface area contributed by atoms with E-state index >= 15 is 0 Å². The molecule has 1 aliphatic heterocycles. The summed E-state index contributed by atoms with van der Waals surface area (Å²) in [5.41, 5.74) is 1.03. The van der Waals surface area contributed by atoms with Crippen LogP contribution in [0.2, 0.25) is 0 Å². The number of benzene rings is 1. The van der Waals surface area contributed by atoms with Crippen LogP contribution in [-0.4, -0.2) is 54.5 Å². The molecule has 1 aromatic rings. The van der Waals surface area contributed by atoms with Gasteiger partial charge in [-0.3, -0.25) is 14.6 Å². The molecule has 0 spiro atoms. The summed E-state index contributed by atoms with van der Waals surface area (Å²) in [5, 5.41) is 0. The predicted octanol–water partition coefficient (Wildman–Crippen LogP) is 1.76. The molecule has 0 radical (unpaired) electrons. The molecule has 1 aromatic carbocycles. The minimum atomic E-state index is -0.133. The molecule has 2 rings (SSSR count). The minimum absolute atomic E-state index is 0.133. The first-order valence-corrected chi connectivity index (χ1v) is 7.31. The van der Waals surface area contributed by atoms with Gasteiger partial charge in [0.2, 0.25) is 0 Å². The van der Waals surface area contributed by atoms with Crippen molar-refractivity contribution in [3.05, 3.63) is 35.9 Å². The maximum absolute atomic E-state index is 11.8. The molecular formula is C16H24N2O2. The lowest BCUT2D eigenvalue weighted by molar-refractivity contribution is -0.146. The second-order valence-electron chi connectivity index (χ2n) is 5.55. The fourth-order valence-electron chi connectivity index (χ4n) is 2.40. The van der Waals surface area contributed by atoms with Crippen LogP contribution in [0.5, 0.6) is 0 Å². The van der Waals surface area contributed by atoms with Crippen molar-refractivity contribution in [3.8, 4) is 0 Å². The fourth-order valence-corrected chi connectivity index (χ4v) is 2.40. The van der Waals surface area contributed by atoms with E-state index < -0.39 is 0 Å². The first-order valence-electron chi connectivity index (χ1n) is 7.31. The fraction of sp³-hybridized carbons (Fsp3) is 0.562. The van der Waals surface area contributed by atoms with Gasteiger partial charge < -0.3 is 4.74 Å². The SMILES string of the molecule is CC(C)N1CCN(CC(=O)OCc2ccccc2)CC1. The Labute approximate surface area is 121 Å². The van der Waals surface area contributed by atoms with Crippen LogP contribution >= 0.6 is 0 Å². The number of esters is 1. The highest BCUT2D eigenvalue weighted by Gasteiger charge is 2.20. The Bertz CT molecular complexity index is 412. The molecule has 0 bridgehead atoms. The van der Waals surface area contributed by atoms with Crippen molar-refractivity contribution in [3.63, 3.8) is 0 Å². The first-order chi connectivity index (χ1) is 9.65. The van der Waals surface area contributed by atoms with E-state index in [1.165, 1.54) is 0 Å². The molecular weight excluding hydrogens is 252 g/mol. The third-order valence-corrected chi connectivity index (χ3v) is 3.73. The summed E-state index contributed by atoms with van der Waals surface area (Å²) < 4.78 is 5.31. The van der Waals surface area contributed by atoms with Crippen LogP contribution in [0.4, 0.5) is 0 Å². The lowest BCUT2D eigenvalue weighted by Gasteiger charge is -2.36. The predicted molar refractivity (Wildman–Crippen MR) is 79.4 cm³/mol. The number of hydrogen-bond acceptors (Lipinski definition) is 4. The molecule has 0 amide bonds. The van der Waals surface area contributed by atoms with Crippen LogP contribution in [-0.2, 0) is 16.1 Å². The van der Waals surface area contributed by atoms with Crippen molar-refractivity contribution >= 4 is 5.97 Å². The number of rotatable bonds is 5. The van der Waals surface area contributed by atoms with E-state index in [0.29, 0.717) is 19.2 Å². The molecule has 1 heterocycles. The second-order valence-corrected chi connectivity index (χ2v) is 5.55. The molecule has 0 aromatic heterocycles. The van der Waals surface area contributed by atoms with Crippen molar-refractivity contribution in [2.75, 3.05) is 32.7 Å². The molecule has 0 saturated carbocycles. The Morgan fingerprint density at radius 3 is 2.40 bits per heavy atom. The van der Waals surface area contributed by atoms with Gasteiger partial charge in [0.1, 0.15) is 6.61 Å². The molecule has 1 fully saturated rings. The van der Waals surface area contributed by atoms with Gasteiger partial charge >= 0.3 is 5.97 Å². The summed E-state index contributed by atoms with van der Waals surface area (Å²) in [7, 11) is 0. The number of ether oxygens (including phenoxy) is 1. The van der Waals surface area contributed by atoms with Crippen molar-refractivity contribution in [2.24, 2.45) is 0 Å².